The van der Waals surface area contributed by atoms with Crippen LogP contribution in [0.25, 0.3) is 0 Å². The van der Waals surface area contributed by atoms with Crippen molar-refractivity contribution in [3.8, 4) is 0 Å². The van der Waals surface area contributed by atoms with E-state index in [1.54, 1.807) is 0 Å². The molecular formula is C6H2Cl2O4Zn+2. The molecule has 0 aromatic heterocycles. The zero-order chi connectivity index (χ0) is 9.46. The fraction of sp³-hybridized carbons (Fsp3) is 0. The first-order chi connectivity index (χ1) is 5.46. The molecule has 0 atom stereocenters. The minimum absolute atomic E-state index is 0. The van der Waals surface area contributed by atoms with Crippen LogP contribution in [-0.4, -0.2) is 21.8 Å². The summed E-state index contributed by atoms with van der Waals surface area (Å²) in [5.41, 5.74) is 0. The van der Waals surface area contributed by atoms with Gasteiger partial charge in [-0.3, -0.25) is 9.59 Å². The Morgan fingerprint density at radius 1 is 0.846 bits per heavy atom. The molecule has 64 valence electrons. The van der Waals surface area contributed by atoms with Gasteiger partial charge < -0.3 is 10.2 Å². The Labute approximate surface area is 95.6 Å². The van der Waals surface area contributed by atoms with Gasteiger partial charge in [0, 0.05) is 0 Å². The Morgan fingerprint density at radius 2 is 1.08 bits per heavy atom. The third-order valence-corrected chi connectivity index (χ3v) is 1.95. The Morgan fingerprint density at radius 3 is 1.31 bits per heavy atom. The number of hydrogen-bond acceptors (Lipinski definition) is 4. The number of aliphatic hydroxyl groups excluding tert-OH is 2. The molecule has 4 nitrogen and oxygen atoms in total. The maximum absolute atomic E-state index is 10.8. The summed E-state index contributed by atoms with van der Waals surface area (Å²) in [7, 11) is 0. The summed E-state index contributed by atoms with van der Waals surface area (Å²) in [4.78, 5) is 21.6. The molecule has 0 radical (unpaired) electrons. The van der Waals surface area contributed by atoms with Gasteiger partial charge in [0.15, 0.2) is 11.5 Å². The topological polar surface area (TPSA) is 74.6 Å². The van der Waals surface area contributed by atoms with Crippen LogP contribution in [0.2, 0.25) is 0 Å². The number of ketones is 2. The molecule has 1 rings (SSSR count). The summed E-state index contributed by atoms with van der Waals surface area (Å²) >= 11 is 10.4. The maximum Gasteiger partial charge on any atom is 2.00 e. The molecule has 1 aliphatic carbocycles. The molecule has 0 unspecified atom stereocenters. The van der Waals surface area contributed by atoms with Gasteiger partial charge in [0.1, 0.15) is 10.1 Å². The van der Waals surface area contributed by atoms with E-state index in [0.29, 0.717) is 0 Å². The number of rotatable bonds is 0. The van der Waals surface area contributed by atoms with Crippen LogP contribution in [0.5, 0.6) is 0 Å². The van der Waals surface area contributed by atoms with Crippen molar-refractivity contribution in [3.63, 3.8) is 0 Å². The molecule has 0 bridgehead atoms. The van der Waals surface area contributed by atoms with Crippen LogP contribution < -0.4 is 0 Å². The van der Waals surface area contributed by atoms with Gasteiger partial charge in [-0.2, -0.15) is 0 Å². The number of allylic oxidation sites excluding steroid dienone is 2. The average Bonchev–Trinajstić information content (AvgIpc) is 2.08. The second-order valence-corrected chi connectivity index (χ2v) is 2.74. The van der Waals surface area contributed by atoms with Crippen LogP contribution in [-0.2, 0) is 29.1 Å². The second kappa shape index (κ2) is 4.22. The number of carbonyl (C=O) groups is 2. The van der Waals surface area contributed by atoms with E-state index >= 15 is 0 Å². The van der Waals surface area contributed by atoms with Crippen molar-refractivity contribution in [2.75, 3.05) is 0 Å². The Hall–Kier alpha value is -0.377. The molecule has 0 saturated heterocycles. The van der Waals surface area contributed by atoms with Crippen LogP contribution in [0, 0.1) is 0 Å². The zero-order valence-corrected chi connectivity index (χ0v) is 10.7. The predicted molar refractivity (Wildman–Crippen MR) is 41.0 cm³/mol. The minimum Gasteiger partial charge on any atom is -0.503 e. The van der Waals surface area contributed by atoms with Crippen molar-refractivity contribution >= 4 is 34.8 Å². The Bertz CT molecular complexity index is 283. The van der Waals surface area contributed by atoms with Gasteiger partial charge in [-0.1, -0.05) is 23.2 Å². The molecule has 0 amide bonds. The summed E-state index contributed by atoms with van der Waals surface area (Å²) in [6.07, 6.45) is 0. The average molecular weight is 274 g/mol. The Kier molecular flexibility index (Phi) is 4.10. The van der Waals surface area contributed by atoms with Crippen molar-refractivity contribution in [2.45, 2.75) is 0 Å². The third-order valence-electron chi connectivity index (χ3n) is 1.24. The maximum atomic E-state index is 10.8. The number of halogens is 2. The van der Waals surface area contributed by atoms with E-state index in [9.17, 15) is 9.59 Å². The number of hydrogen-bond donors (Lipinski definition) is 2. The first-order valence-corrected chi connectivity index (χ1v) is 3.49. The molecule has 0 heterocycles. The Balaban J connectivity index is 0.00000144. The van der Waals surface area contributed by atoms with Crippen LogP contribution in [0.4, 0.5) is 0 Å². The fourth-order valence-electron chi connectivity index (χ4n) is 0.622. The molecule has 0 aliphatic heterocycles. The summed E-state index contributed by atoms with van der Waals surface area (Å²) < 4.78 is 0. The quantitative estimate of drug-likeness (QED) is 0.513. The van der Waals surface area contributed by atoms with E-state index in [0.717, 1.165) is 0 Å². The first kappa shape index (κ1) is 12.6. The normalized spacial score (nSPS) is 17.7. The van der Waals surface area contributed by atoms with Gasteiger partial charge in [0.2, 0.25) is 11.6 Å². The largest absolute Gasteiger partial charge is 2.00 e. The molecule has 0 spiro atoms. The van der Waals surface area contributed by atoms with E-state index in [2.05, 4.69) is 0 Å². The van der Waals surface area contributed by atoms with E-state index in [1.165, 1.54) is 0 Å². The molecule has 0 aromatic carbocycles. The summed E-state index contributed by atoms with van der Waals surface area (Å²) in [5, 5.41) is 16.3. The standard InChI is InChI=1S/C6H2Cl2O4.Zn/c7-1-3(9)5(11)2(8)6(12)4(1)10;/h9,12H;/q;+2. The predicted octanol–water partition coefficient (Wildman–Crippen LogP) is 1.15. The zero-order valence-electron chi connectivity index (χ0n) is 6.17. The number of Topliss-reactive ketones (excluding diaryl/α,β-unsaturated/α-hetero) is 2. The van der Waals surface area contributed by atoms with Crippen molar-refractivity contribution in [3.05, 3.63) is 21.6 Å². The third kappa shape index (κ3) is 1.93. The first-order valence-electron chi connectivity index (χ1n) is 2.73. The van der Waals surface area contributed by atoms with E-state index < -0.39 is 33.1 Å². The van der Waals surface area contributed by atoms with Gasteiger partial charge in [0.25, 0.3) is 0 Å². The SMILES string of the molecule is O=C1C(O)=C(Cl)C(=O)C(O)=C1Cl.[Zn+2]. The summed E-state index contributed by atoms with van der Waals surface area (Å²) in [6.45, 7) is 0. The van der Waals surface area contributed by atoms with Gasteiger partial charge >= 0.3 is 19.5 Å². The molecule has 0 aromatic rings. The van der Waals surface area contributed by atoms with Crippen molar-refractivity contribution in [1.82, 2.24) is 0 Å². The second-order valence-electron chi connectivity index (χ2n) is 1.98. The molecule has 1 aliphatic rings. The van der Waals surface area contributed by atoms with Gasteiger partial charge in [-0.25, -0.2) is 0 Å². The fourth-order valence-corrected chi connectivity index (χ4v) is 0.973. The van der Waals surface area contributed by atoms with E-state index in [1.807, 2.05) is 0 Å². The van der Waals surface area contributed by atoms with Crippen LogP contribution in [0.1, 0.15) is 0 Å². The van der Waals surface area contributed by atoms with E-state index in [-0.39, 0.29) is 19.5 Å². The van der Waals surface area contributed by atoms with Gasteiger partial charge in [-0.05, 0) is 0 Å². The van der Waals surface area contributed by atoms with Gasteiger partial charge in [0.05, 0.1) is 0 Å². The summed E-state index contributed by atoms with van der Waals surface area (Å²) in [6, 6.07) is 0. The molecule has 7 heteroatoms. The van der Waals surface area contributed by atoms with Gasteiger partial charge in [-0.15, -0.1) is 0 Å². The molecular weight excluding hydrogens is 272 g/mol. The number of aliphatic hydroxyl groups is 2. The molecule has 13 heavy (non-hydrogen) atoms. The minimum atomic E-state index is -1.06. The molecule has 0 fully saturated rings. The van der Waals surface area contributed by atoms with Crippen LogP contribution in [0.15, 0.2) is 21.6 Å². The number of carbonyl (C=O) groups excluding carboxylic acids is 2. The smallest absolute Gasteiger partial charge is 0.503 e. The van der Waals surface area contributed by atoms with E-state index in [4.69, 9.17) is 33.4 Å². The summed E-state index contributed by atoms with van der Waals surface area (Å²) in [5.74, 6) is -3.99. The molecule has 2 N–H and O–H groups in total. The van der Waals surface area contributed by atoms with Crippen molar-refractivity contribution < 1.29 is 39.3 Å². The van der Waals surface area contributed by atoms with Crippen molar-refractivity contribution in [1.29, 1.82) is 0 Å². The monoisotopic (exact) mass is 272 g/mol. The van der Waals surface area contributed by atoms with Crippen LogP contribution in [0.3, 0.4) is 0 Å². The van der Waals surface area contributed by atoms with Crippen LogP contribution >= 0.6 is 23.2 Å². The molecule has 0 saturated carbocycles. The van der Waals surface area contributed by atoms with Crippen molar-refractivity contribution in [2.24, 2.45) is 0 Å².